The van der Waals surface area contributed by atoms with Gasteiger partial charge in [0.25, 0.3) is 0 Å². The molecule has 0 saturated carbocycles. The summed E-state index contributed by atoms with van der Waals surface area (Å²) >= 11 is 0. The van der Waals surface area contributed by atoms with Crippen LogP contribution in [-0.4, -0.2) is 36.3 Å². The summed E-state index contributed by atoms with van der Waals surface area (Å²) in [6.45, 7) is 5.69. The average Bonchev–Trinajstić information content (AvgIpc) is 2.31. The van der Waals surface area contributed by atoms with E-state index in [9.17, 15) is 0 Å². The summed E-state index contributed by atoms with van der Waals surface area (Å²) in [7, 11) is 1.61. The second-order valence-electron chi connectivity index (χ2n) is 4.47. The summed E-state index contributed by atoms with van der Waals surface area (Å²) in [4.78, 5) is 8.66. The maximum absolute atomic E-state index is 5.41. The first-order chi connectivity index (χ1) is 8.19. The van der Waals surface area contributed by atoms with E-state index in [1.165, 1.54) is 0 Å². The third-order valence-corrected chi connectivity index (χ3v) is 3.00. The zero-order valence-electron chi connectivity index (χ0n) is 10.6. The molecule has 0 aromatic carbocycles. The van der Waals surface area contributed by atoms with Gasteiger partial charge in [-0.2, -0.15) is 4.98 Å². The highest BCUT2D eigenvalue weighted by Gasteiger charge is 2.22. The van der Waals surface area contributed by atoms with Crippen LogP contribution >= 0.6 is 0 Å². The van der Waals surface area contributed by atoms with E-state index in [1.807, 2.05) is 13.0 Å². The number of nitrogens with zero attached hydrogens (tertiary/aromatic N) is 2. The zero-order chi connectivity index (χ0) is 12.3. The highest BCUT2D eigenvalue weighted by atomic mass is 16.5. The first kappa shape index (κ1) is 12.1. The van der Waals surface area contributed by atoms with Gasteiger partial charge in [0.05, 0.1) is 13.7 Å². The normalized spacial score (nSPS) is 24.4. The van der Waals surface area contributed by atoms with Crippen molar-refractivity contribution in [1.82, 2.24) is 9.97 Å². The van der Waals surface area contributed by atoms with Crippen LogP contribution in [0.2, 0.25) is 0 Å². The topological polar surface area (TPSA) is 56.3 Å². The molecule has 2 atom stereocenters. The lowest BCUT2D eigenvalue weighted by Gasteiger charge is -2.29. The van der Waals surface area contributed by atoms with E-state index in [-0.39, 0.29) is 0 Å². The minimum atomic E-state index is 0.371. The monoisotopic (exact) mass is 237 g/mol. The van der Waals surface area contributed by atoms with Crippen molar-refractivity contribution >= 4 is 5.95 Å². The largest absolute Gasteiger partial charge is 0.481 e. The van der Waals surface area contributed by atoms with E-state index in [1.54, 1.807) is 7.11 Å². The van der Waals surface area contributed by atoms with Gasteiger partial charge in [-0.15, -0.1) is 0 Å². The van der Waals surface area contributed by atoms with E-state index in [0.717, 1.165) is 25.3 Å². The third kappa shape index (κ3) is 3.06. The van der Waals surface area contributed by atoms with Gasteiger partial charge in [0, 0.05) is 24.4 Å². The van der Waals surface area contributed by atoms with E-state index in [4.69, 9.17) is 9.47 Å². The minimum Gasteiger partial charge on any atom is -0.481 e. The first-order valence-electron chi connectivity index (χ1n) is 5.93. The molecular weight excluding hydrogens is 218 g/mol. The molecule has 0 radical (unpaired) electrons. The highest BCUT2D eigenvalue weighted by Crippen LogP contribution is 2.19. The van der Waals surface area contributed by atoms with Gasteiger partial charge in [0.1, 0.15) is 0 Å². The fourth-order valence-electron chi connectivity index (χ4n) is 1.97. The Labute approximate surface area is 102 Å². The molecule has 1 aliphatic rings. The maximum atomic E-state index is 5.41. The molecule has 94 valence electrons. The lowest BCUT2D eigenvalue weighted by atomic mass is 9.98. The van der Waals surface area contributed by atoms with Crippen LogP contribution < -0.4 is 10.1 Å². The van der Waals surface area contributed by atoms with Gasteiger partial charge in [-0.3, -0.25) is 0 Å². The average molecular weight is 237 g/mol. The third-order valence-electron chi connectivity index (χ3n) is 3.00. The van der Waals surface area contributed by atoms with Crippen LogP contribution in [0.25, 0.3) is 0 Å². The molecular formula is C12H19N3O2. The Morgan fingerprint density at radius 1 is 1.47 bits per heavy atom. The minimum absolute atomic E-state index is 0.371. The second kappa shape index (κ2) is 5.31. The molecule has 0 spiro atoms. The maximum Gasteiger partial charge on any atom is 0.226 e. The molecule has 0 aliphatic carbocycles. The van der Waals surface area contributed by atoms with E-state index < -0.39 is 0 Å². The van der Waals surface area contributed by atoms with Crippen molar-refractivity contribution in [3.05, 3.63) is 11.8 Å². The van der Waals surface area contributed by atoms with E-state index >= 15 is 0 Å². The number of aromatic nitrogens is 2. The Bertz CT molecular complexity index is 384. The summed E-state index contributed by atoms with van der Waals surface area (Å²) in [6, 6.07) is 2.19. The summed E-state index contributed by atoms with van der Waals surface area (Å²) in [5.41, 5.74) is 0.902. The van der Waals surface area contributed by atoms with Crippen LogP contribution in [0.3, 0.4) is 0 Å². The summed E-state index contributed by atoms with van der Waals surface area (Å²) in [5, 5.41) is 3.36. The van der Waals surface area contributed by atoms with Gasteiger partial charge in [-0.05, 0) is 19.3 Å². The molecule has 2 unspecified atom stereocenters. The van der Waals surface area contributed by atoms with Gasteiger partial charge < -0.3 is 14.8 Å². The van der Waals surface area contributed by atoms with Crippen LogP contribution in [0.4, 0.5) is 5.95 Å². The fourth-order valence-corrected chi connectivity index (χ4v) is 1.97. The number of ether oxygens (including phenoxy) is 2. The van der Waals surface area contributed by atoms with Crippen molar-refractivity contribution < 1.29 is 9.47 Å². The molecule has 1 aromatic rings. The molecule has 1 aromatic heterocycles. The van der Waals surface area contributed by atoms with Crippen molar-refractivity contribution in [2.75, 3.05) is 25.6 Å². The first-order valence-corrected chi connectivity index (χ1v) is 5.93. The quantitative estimate of drug-likeness (QED) is 0.866. The van der Waals surface area contributed by atoms with Crippen LogP contribution in [0, 0.1) is 12.8 Å². The molecule has 5 heteroatoms. The summed E-state index contributed by atoms with van der Waals surface area (Å²) in [5.74, 6) is 1.71. The lowest BCUT2D eigenvalue weighted by molar-refractivity contribution is 0.0536. The molecule has 2 heterocycles. The van der Waals surface area contributed by atoms with Gasteiger partial charge in [0.15, 0.2) is 0 Å². The van der Waals surface area contributed by atoms with Crippen molar-refractivity contribution in [2.24, 2.45) is 5.92 Å². The Morgan fingerprint density at radius 3 is 3.00 bits per heavy atom. The van der Waals surface area contributed by atoms with Crippen molar-refractivity contribution in [2.45, 2.75) is 26.3 Å². The van der Waals surface area contributed by atoms with Crippen LogP contribution in [-0.2, 0) is 4.74 Å². The molecule has 1 aliphatic heterocycles. The number of hydrogen-bond acceptors (Lipinski definition) is 5. The van der Waals surface area contributed by atoms with Crippen molar-refractivity contribution in [3.63, 3.8) is 0 Å². The van der Waals surface area contributed by atoms with Gasteiger partial charge in [0.2, 0.25) is 11.8 Å². The number of nitrogens with one attached hydrogen (secondary N) is 1. The van der Waals surface area contributed by atoms with Crippen molar-refractivity contribution in [3.8, 4) is 5.88 Å². The molecule has 1 fully saturated rings. The fraction of sp³-hybridized carbons (Fsp3) is 0.667. The molecule has 17 heavy (non-hydrogen) atoms. The number of rotatable bonds is 3. The smallest absolute Gasteiger partial charge is 0.226 e. The zero-order valence-corrected chi connectivity index (χ0v) is 10.6. The number of anilines is 1. The van der Waals surface area contributed by atoms with E-state index in [2.05, 4.69) is 22.2 Å². The van der Waals surface area contributed by atoms with Crippen LogP contribution in [0.1, 0.15) is 19.0 Å². The number of hydrogen-bond donors (Lipinski definition) is 1. The molecule has 2 rings (SSSR count). The predicted molar refractivity (Wildman–Crippen MR) is 65.3 cm³/mol. The molecule has 0 amide bonds. The van der Waals surface area contributed by atoms with Crippen molar-refractivity contribution in [1.29, 1.82) is 0 Å². The molecule has 5 nitrogen and oxygen atoms in total. The van der Waals surface area contributed by atoms with Crippen LogP contribution in [0.5, 0.6) is 5.88 Å². The number of aryl methyl sites for hydroxylation is 1. The molecule has 0 bridgehead atoms. The van der Waals surface area contributed by atoms with Gasteiger partial charge in [-0.25, -0.2) is 4.98 Å². The Morgan fingerprint density at radius 2 is 2.29 bits per heavy atom. The Balaban J connectivity index is 2.09. The lowest BCUT2D eigenvalue weighted by Crippen LogP contribution is -2.36. The Hall–Kier alpha value is -1.36. The van der Waals surface area contributed by atoms with Gasteiger partial charge >= 0.3 is 0 Å². The SMILES string of the molecule is COc1cc(C)nc(NC2CCOCC2C)n1. The van der Waals surface area contributed by atoms with Gasteiger partial charge in [-0.1, -0.05) is 6.92 Å². The standard InChI is InChI=1S/C12H19N3O2/c1-8-7-17-5-4-10(8)14-12-13-9(2)6-11(15-12)16-3/h6,8,10H,4-5,7H2,1-3H3,(H,13,14,15). The summed E-state index contributed by atoms with van der Waals surface area (Å²) in [6.07, 6.45) is 0.987. The predicted octanol–water partition coefficient (Wildman–Crippen LogP) is 1.63. The van der Waals surface area contributed by atoms with E-state index in [0.29, 0.717) is 23.8 Å². The Kier molecular flexibility index (Phi) is 3.78. The molecule has 1 N–H and O–H groups in total. The van der Waals surface area contributed by atoms with Crippen LogP contribution in [0.15, 0.2) is 6.07 Å². The number of methoxy groups -OCH3 is 1. The second-order valence-corrected chi connectivity index (χ2v) is 4.47. The summed E-state index contributed by atoms with van der Waals surface area (Å²) < 4.78 is 10.5. The molecule has 1 saturated heterocycles. The highest BCUT2D eigenvalue weighted by molar-refractivity contribution is 5.32.